The zero-order valence-corrected chi connectivity index (χ0v) is 20.6. The molecule has 2 aromatic heterocycles. The Hall–Kier alpha value is -3.65. The number of H-pyrrole nitrogens is 1. The molecule has 2 aromatic carbocycles. The van der Waals surface area contributed by atoms with Gasteiger partial charge in [-0.15, -0.1) is 0 Å². The van der Waals surface area contributed by atoms with Crippen molar-refractivity contribution in [3.63, 3.8) is 0 Å². The van der Waals surface area contributed by atoms with Crippen LogP contribution in [0.1, 0.15) is 54.2 Å². The molecule has 2 atom stereocenters. The molecule has 2 unspecified atom stereocenters. The van der Waals surface area contributed by atoms with Gasteiger partial charge in [-0.1, -0.05) is 36.4 Å². The van der Waals surface area contributed by atoms with E-state index in [1.807, 2.05) is 36.4 Å². The normalized spacial score (nSPS) is 13.1. The van der Waals surface area contributed by atoms with Crippen molar-refractivity contribution in [2.45, 2.75) is 51.6 Å². The van der Waals surface area contributed by atoms with Crippen LogP contribution in [0.25, 0.3) is 5.52 Å². The van der Waals surface area contributed by atoms with Crippen LogP contribution in [0.3, 0.4) is 0 Å². The zero-order valence-electron chi connectivity index (χ0n) is 20.6. The maximum Gasteiger partial charge on any atom is 0.277 e. The number of aryl methyl sites for hydroxylation is 2. The van der Waals surface area contributed by atoms with Crippen LogP contribution in [-0.2, 0) is 12.8 Å². The molecule has 0 spiro atoms. The lowest BCUT2D eigenvalue weighted by Crippen LogP contribution is -2.22. The first kappa shape index (κ1) is 24.5. The maximum absolute atomic E-state index is 13.0. The molecule has 8 heteroatoms. The zero-order chi connectivity index (χ0) is 24.9. The summed E-state index contributed by atoms with van der Waals surface area (Å²) in [6.07, 6.45) is 2.28. The summed E-state index contributed by atoms with van der Waals surface area (Å²) >= 11 is 0. The highest BCUT2D eigenvalue weighted by molar-refractivity contribution is 5.50. The number of benzene rings is 2. The third-order valence-corrected chi connectivity index (χ3v) is 6.30. The molecule has 4 rings (SSSR count). The largest absolute Gasteiger partial charge is 0.493 e. The maximum atomic E-state index is 13.0. The molecule has 0 aliphatic heterocycles. The molecule has 2 N–H and O–H groups in total. The topological polar surface area (TPSA) is 102 Å². The lowest BCUT2D eigenvalue weighted by Gasteiger charge is -2.18. The highest BCUT2D eigenvalue weighted by Gasteiger charge is 2.25. The summed E-state index contributed by atoms with van der Waals surface area (Å²) in [5.41, 5.74) is 2.93. The van der Waals surface area contributed by atoms with Gasteiger partial charge in [-0.05, 0) is 56.4 Å². The van der Waals surface area contributed by atoms with Crippen LogP contribution in [0.15, 0.2) is 53.3 Å². The summed E-state index contributed by atoms with van der Waals surface area (Å²) in [6.45, 7) is 3.56. The molecule has 0 aliphatic carbocycles. The van der Waals surface area contributed by atoms with Crippen molar-refractivity contribution in [3.8, 4) is 11.5 Å². The number of methoxy groups -OCH3 is 2. The lowest BCUT2D eigenvalue weighted by molar-refractivity contribution is 0.151. The molecule has 0 saturated heterocycles. The minimum absolute atomic E-state index is 0.247. The van der Waals surface area contributed by atoms with Gasteiger partial charge in [0, 0.05) is 12.3 Å². The Morgan fingerprint density at radius 1 is 1.06 bits per heavy atom. The number of aromatic amines is 1. The van der Waals surface area contributed by atoms with Crippen LogP contribution in [0.4, 0.5) is 0 Å². The number of aromatic nitrogens is 4. The van der Waals surface area contributed by atoms with E-state index in [1.165, 1.54) is 5.56 Å². The van der Waals surface area contributed by atoms with Crippen LogP contribution < -0.4 is 15.0 Å². The lowest BCUT2D eigenvalue weighted by atomic mass is 9.94. The van der Waals surface area contributed by atoms with Crippen molar-refractivity contribution in [2.24, 2.45) is 0 Å². The first-order valence-corrected chi connectivity index (χ1v) is 11.8. The number of hydrogen-bond donors (Lipinski definition) is 2. The minimum Gasteiger partial charge on any atom is -0.493 e. The SMILES string of the molecule is COc1ccc(Cc2nn3c(C(CCCc4ccccc4)C(C)O)nc(C)c3c(=O)[nH]2)cc1OC. The number of fused-ring (bicyclic) bond motifs is 1. The molecule has 0 aliphatic rings. The molecular formula is C27H32N4O4. The van der Waals surface area contributed by atoms with Crippen LogP contribution in [-0.4, -0.2) is 45.0 Å². The fourth-order valence-electron chi connectivity index (χ4n) is 4.50. The Labute approximate surface area is 204 Å². The molecule has 8 nitrogen and oxygen atoms in total. The van der Waals surface area contributed by atoms with Gasteiger partial charge in [0.2, 0.25) is 0 Å². The predicted molar refractivity (Wildman–Crippen MR) is 134 cm³/mol. The Kier molecular flexibility index (Phi) is 7.51. The number of nitrogens with zero attached hydrogens (tertiary/aromatic N) is 3. The third-order valence-electron chi connectivity index (χ3n) is 6.30. The second kappa shape index (κ2) is 10.7. The molecule has 0 amide bonds. The number of ether oxygens (including phenoxy) is 2. The molecule has 0 bridgehead atoms. The summed E-state index contributed by atoms with van der Waals surface area (Å²) in [5, 5.41) is 15.4. The monoisotopic (exact) mass is 476 g/mol. The van der Waals surface area contributed by atoms with Gasteiger partial charge in [-0.3, -0.25) is 4.79 Å². The smallest absolute Gasteiger partial charge is 0.277 e. The van der Waals surface area contributed by atoms with E-state index in [1.54, 1.807) is 32.6 Å². The number of rotatable bonds is 10. The van der Waals surface area contributed by atoms with Gasteiger partial charge in [0.25, 0.3) is 5.56 Å². The molecule has 4 aromatic rings. The average molecular weight is 477 g/mol. The van der Waals surface area contributed by atoms with Crippen molar-refractivity contribution in [2.75, 3.05) is 14.2 Å². The van der Waals surface area contributed by atoms with Crippen molar-refractivity contribution in [1.29, 1.82) is 0 Å². The van der Waals surface area contributed by atoms with Crippen molar-refractivity contribution in [3.05, 3.63) is 87.4 Å². The molecule has 0 radical (unpaired) electrons. The Balaban J connectivity index is 1.64. The Bertz CT molecular complexity index is 1340. The number of nitrogens with one attached hydrogen (secondary N) is 1. The van der Waals surface area contributed by atoms with Crippen LogP contribution in [0, 0.1) is 6.92 Å². The summed E-state index contributed by atoms with van der Waals surface area (Å²) in [4.78, 5) is 20.5. The van der Waals surface area contributed by atoms with Crippen molar-refractivity contribution < 1.29 is 14.6 Å². The van der Waals surface area contributed by atoms with Gasteiger partial charge in [0.15, 0.2) is 17.0 Å². The summed E-state index contributed by atoms with van der Waals surface area (Å²) in [7, 11) is 3.17. The fraction of sp³-hybridized carbons (Fsp3) is 0.370. The quantitative estimate of drug-likeness (QED) is 0.361. The average Bonchev–Trinajstić information content (AvgIpc) is 3.18. The second-order valence-corrected chi connectivity index (χ2v) is 8.81. The van der Waals surface area contributed by atoms with Crippen molar-refractivity contribution in [1.82, 2.24) is 19.6 Å². The molecule has 0 saturated carbocycles. The molecule has 35 heavy (non-hydrogen) atoms. The Morgan fingerprint density at radius 3 is 2.49 bits per heavy atom. The highest BCUT2D eigenvalue weighted by Crippen LogP contribution is 2.29. The molecular weight excluding hydrogens is 444 g/mol. The molecule has 2 heterocycles. The highest BCUT2D eigenvalue weighted by atomic mass is 16.5. The van der Waals surface area contributed by atoms with Gasteiger partial charge in [-0.2, -0.15) is 5.10 Å². The van der Waals surface area contributed by atoms with Crippen LogP contribution in [0.5, 0.6) is 11.5 Å². The summed E-state index contributed by atoms with van der Waals surface area (Å²) < 4.78 is 12.3. The summed E-state index contributed by atoms with van der Waals surface area (Å²) in [5.74, 6) is 2.11. The van der Waals surface area contributed by atoms with Gasteiger partial charge in [-0.25, -0.2) is 9.50 Å². The van der Waals surface area contributed by atoms with Gasteiger partial charge >= 0.3 is 0 Å². The first-order chi connectivity index (χ1) is 16.9. The van der Waals surface area contributed by atoms with Crippen molar-refractivity contribution >= 4 is 5.52 Å². The predicted octanol–water partition coefficient (Wildman–Crippen LogP) is 3.82. The summed E-state index contributed by atoms with van der Waals surface area (Å²) in [6, 6.07) is 15.9. The standard InChI is InChI=1S/C27H32N4O4/c1-17-25-27(33)29-24(16-20-13-14-22(34-3)23(15-20)35-4)30-31(25)26(28-17)21(18(2)32)12-8-11-19-9-6-5-7-10-19/h5-7,9-10,13-15,18,21,32H,8,11-12,16H2,1-4H3,(H,29,30,33). The van der Waals surface area contributed by atoms with E-state index in [2.05, 4.69) is 22.1 Å². The number of aliphatic hydroxyl groups is 1. The molecule has 0 fully saturated rings. The van der Waals surface area contributed by atoms with E-state index >= 15 is 0 Å². The van der Waals surface area contributed by atoms with E-state index in [9.17, 15) is 9.90 Å². The van der Waals surface area contributed by atoms with E-state index in [0.717, 1.165) is 24.8 Å². The van der Waals surface area contributed by atoms with Gasteiger partial charge < -0.3 is 19.6 Å². The van der Waals surface area contributed by atoms with E-state index < -0.39 is 6.10 Å². The molecule has 184 valence electrons. The second-order valence-electron chi connectivity index (χ2n) is 8.81. The fourth-order valence-corrected chi connectivity index (χ4v) is 4.50. The number of hydrogen-bond acceptors (Lipinski definition) is 6. The first-order valence-electron chi connectivity index (χ1n) is 11.8. The van der Waals surface area contributed by atoms with E-state index in [0.29, 0.717) is 40.8 Å². The number of aliphatic hydroxyl groups excluding tert-OH is 1. The minimum atomic E-state index is -0.633. The van der Waals surface area contributed by atoms with E-state index in [-0.39, 0.29) is 11.5 Å². The number of imidazole rings is 1. The van der Waals surface area contributed by atoms with Gasteiger partial charge in [0.1, 0.15) is 11.6 Å². The van der Waals surface area contributed by atoms with Crippen LogP contribution in [0.2, 0.25) is 0 Å². The van der Waals surface area contributed by atoms with Crippen LogP contribution >= 0.6 is 0 Å². The Morgan fingerprint density at radius 2 is 1.80 bits per heavy atom. The van der Waals surface area contributed by atoms with E-state index in [4.69, 9.17) is 14.6 Å². The third kappa shape index (κ3) is 5.38. The van der Waals surface area contributed by atoms with Gasteiger partial charge in [0.05, 0.1) is 26.0 Å².